The minimum absolute atomic E-state index is 0.584. The first-order valence-corrected chi connectivity index (χ1v) is 6.98. The van der Waals surface area contributed by atoms with Gasteiger partial charge >= 0.3 is 0 Å². The summed E-state index contributed by atoms with van der Waals surface area (Å²) >= 11 is 0. The predicted molar refractivity (Wildman–Crippen MR) is 69.9 cm³/mol. The molecule has 5 nitrogen and oxygen atoms in total. The van der Waals surface area contributed by atoms with E-state index in [0.29, 0.717) is 12.0 Å². The Morgan fingerprint density at radius 2 is 2.28 bits per heavy atom. The zero-order chi connectivity index (χ0) is 13.0. The molecule has 1 aliphatic rings. The molecule has 2 N–H and O–H groups in total. The van der Waals surface area contributed by atoms with Crippen LogP contribution < -0.4 is 5.73 Å². The highest BCUT2D eigenvalue weighted by molar-refractivity contribution is 4.89. The van der Waals surface area contributed by atoms with Crippen LogP contribution in [-0.2, 0) is 13.0 Å². The Kier molecular flexibility index (Phi) is 4.72. The van der Waals surface area contributed by atoms with E-state index in [4.69, 9.17) is 10.3 Å². The molecule has 1 fully saturated rings. The van der Waals surface area contributed by atoms with Gasteiger partial charge in [0.2, 0.25) is 5.89 Å². The van der Waals surface area contributed by atoms with E-state index >= 15 is 0 Å². The average molecular weight is 252 g/mol. The van der Waals surface area contributed by atoms with E-state index in [1.807, 2.05) is 0 Å². The molecule has 0 spiro atoms. The summed E-state index contributed by atoms with van der Waals surface area (Å²) in [5, 5.41) is 4.06. The predicted octanol–water partition coefficient (Wildman–Crippen LogP) is 1.58. The first kappa shape index (κ1) is 13.5. The topological polar surface area (TPSA) is 68.2 Å². The molecule has 0 amide bonds. The maximum absolute atomic E-state index is 5.77. The number of hydrogen-bond acceptors (Lipinski definition) is 5. The lowest BCUT2D eigenvalue weighted by Gasteiger charge is -2.36. The number of aryl methyl sites for hydroxylation is 1. The van der Waals surface area contributed by atoms with Gasteiger partial charge in [-0.2, -0.15) is 4.98 Å². The van der Waals surface area contributed by atoms with Gasteiger partial charge in [-0.15, -0.1) is 0 Å². The molecule has 2 atom stereocenters. The lowest BCUT2D eigenvalue weighted by atomic mass is 9.93. The van der Waals surface area contributed by atoms with Crippen LogP contribution in [0.4, 0.5) is 0 Å². The van der Waals surface area contributed by atoms with Crippen molar-refractivity contribution in [3.63, 3.8) is 0 Å². The summed E-state index contributed by atoms with van der Waals surface area (Å²) in [6.07, 6.45) is 4.36. The fraction of sp³-hybridized carbons (Fsp3) is 0.846. The van der Waals surface area contributed by atoms with Crippen LogP contribution in [0.1, 0.15) is 44.8 Å². The van der Waals surface area contributed by atoms with E-state index < -0.39 is 0 Å². The van der Waals surface area contributed by atoms with Gasteiger partial charge < -0.3 is 10.3 Å². The molecule has 1 aromatic rings. The second-order valence-corrected chi connectivity index (χ2v) is 5.31. The maximum Gasteiger partial charge on any atom is 0.226 e. The van der Waals surface area contributed by atoms with Crippen molar-refractivity contribution in [1.82, 2.24) is 15.0 Å². The van der Waals surface area contributed by atoms with Crippen molar-refractivity contribution in [3.8, 4) is 0 Å². The Bertz CT molecular complexity index is 366. The number of piperidine rings is 1. The molecular formula is C13H24N4O. The molecule has 2 heterocycles. The number of nitrogens with two attached hydrogens (primary N) is 1. The molecule has 102 valence electrons. The Morgan fingerprint density at radius 1 is 1.44 bits per heavy atom. The van der Waals surface area contributed by atoms with Crippen LogP contribution in [-0.4, -0.2) is 34.2 Å². The molecule has 0 bridgehead atoms. The van der Waals surface area contributed by atoms with Crippen molar-refractivity contribution in [3.05, 3.63) is 11.7 Å². The van der Waals surface area contributed by atoms with Gasteiger partial charge in [-0.1, -0.05) is 12.1 Å². The van der Waals surface area contributed by atoms with Gasteiger partial charge in [-0.25, -0.2) is 0 Å². The van der Waals surface area contributed by atoms with E-state index in [-0.39, 0.29) is 0 Å². The van der Waals surface area contributed by atoms with Gasteiger partial charge in [0, 0.05) is 19.0 Å². The van der Waals surface area contributed by atoms with E-state index in [2.05, 4.69) is 28.9 Å². The largest absolute Gasteiger partial charge is 0.339 e. The molecule has 0 radical (unpaired) electrons. The number of rotatable bonds is 5. The normalized spacial score (nSPS) is 25.5. The van der Waals surface area contributed by atoms with Crippen molar-refractivity contribution in [2.75, 3.05) is 13.1 Å². The van der Waals surface area contributed by atoms with Crippen LogP contribution in [0.5, 0.6) is 0 Å². The first-order valence-electron chi connectivity index (χ1n) is 6.98. The molecule has 0 saturated carbocycles. The summed E-state index contributed by atoms with van der Waals surface area (Å²) < 4.78 is 5.22. The van der Waals surface area contributed by atoms with Gasteiger partial charge in [0.1, 0.15) is 0 Å². The standard InChI is InChI=1S/C13H24N4O/c1-3-4-13-15-12(16-18-13)9-17-8-11(7-14)6-5-10(17)2/h10-11H,3-9,14H2,1-2H3. The molecule has 2 rings (SSSR count). The van der Waals surface area contributed by atoms with Crippen molar-refractivity contribution >= 4 is 0 Å². The van der Waals surface area contributed by atoms with Crippen LogP contribution >= 0.6 is 0 Å². The third-order valence-corrected chi connectivity index (χ3v) is 3.76. The Hall–Kier alpha value is -0.940. The SMILES string of the molecule is CCCc1nc(CN2CC(CN)CCC2C)no1. The number of aromatic nitrogens is 2. The van der Waals surface area contributed by atoms with Crippen molar-refractivity contribution in [2.45, 2.75) is 52.1 Å². The lowest BCUT2D eigenvalue weighted by Crippen LogP contribution is -2.43. The lowest BCUT2D eigenvalue weighted by molar-refractivity contribution is 0.109. The van der Waals surface area contributed by atoms with Crippen LogP contribution in [0.25, 0.3) is 0 Å². The summed E-state index contributed by atoms with van der Waals surface area (Å²) in [4.78, 5) is 6.85. The van der Waals surface area contributed by atoms with Crippen LogP contribution in [0, 0.1) is 5.92 Å². The zero-order valence-corrected chi connectivity index (χ0v) is 11.4. The molecule has 1 saturated heterocycles. The fourth-order valence-corrected chi connectivity index (χ4v) is 2.53. The van der Waals surface area contributed by atoms with E-state index in [9.17, 15) is 0 Å². The van der Waals surface area contributed by atoms with Crippen molar-refractivity contribution in [2.24, 2.45) is 11.7 Å². The van der Waals surface area contributed by atoms with E-state index in [1.54, 1.807) is 0 Å². The molecule has 1 aromatic heterocycles. The fourth-order valence-electron chi connectivity index (χ4n) is 2.53. The average Bonchev–Trinajstić information content (AvgIpc) is 2.80. The molecule has 0 aliphatic carbocycles. The highest BCUT2D eigenvalue weighted by Crippen LogP contribution is 2.22. The minimum atomic E-state index is 0.584. The number of hydrogen-bond donors (Lipinski definition) is 1. The molecule has 1 aliphatic heterocycles. The quantitative estimate of drug-likeness (QED) is 0.861. The Balaban J connectivity index is 1.93. The second-order valence-electron chi connectivity index (χ2n) is 5.31. The summed E-state index contributed by atoms with van der Waals surface area (Å²) in [6.45, 7) is 6.99. The van der Waals surface area contributed by atoms with Crippen LogP contribution in [0.2, 0.25) is 0 Å². The highest BCUT2D eigenvalue weighted by Gasteiger charge is 2.25. The van der Waals surface area contributed by atoms with Crippen molar-refractivity contribution < 1.29 is 4.52 Å². The summed E-state index contributed by atoms with van der Waals surface area (Å²) in [7, 11) is 0. The van der Waals surface area contributed by atoms with Gasteiger partial charge in [0.15, 0.2) is 5.82 Å². The van der Waals surface area contributed by atoms with Gasteiger partial charge in [0.25, 0.3) is 0 Å². The van der Waals surface area contributed by atoms with Gasteiger partial charge in [-0.05, 0) is 38.6 Å². The highest BCUT2D eigenvalue weighted by atomic mass is 16.5. The first-order chi connectivity index (χ1) is 8.72. The number of likely N-dealkylation sites (tertiary alicyclic amines) is 1. The van der Waals surface area contributed by atoms with Crippen LogP contribution in [0.15, 0.2) is 4.52 Å². The number of nitrogens with zero attached hydrogens (tertiary/aromatic N) is 3. The smallest absolute Gasteiger partial charge is 0.226 e. The summed E-state index contributed by atoms with van der Waals surface area (Å²) in [6, 6.07) is 0.584. The second kappa shape index (κ2) is 6.29. The Labute approximate surface area is 109 Å². The van der Waals surface area contributed by atoms with Crippen molar-refractivity contribution in [1.29, 1.82) is 0 Å². The summed E-state index contributed by atoms with van der Waals surface area (Å²) in [5.41, 5.74) is 5.77. The third-order valence-electron chi connectivity index (χ3n) is 3.76. The van der Waals surface area contributed by atoms with E-state index in [1.165, 1.54) is 12.8 Å². The molecule has 5 heteroatoms. The molecular weight excluding hydrogens is 228 g/mol. The van der Waals surface area contributed by atoms with Gasteiger partial charge in [-0.3, -0.25) is 4.90 Å². The Morgan fingerprint density at radius 3 is 3.00 bits per heavy atom. The van der Waals surface area contributed by atoms with E-state index in [0.717, 1.165) is 44.2 Å². The molecule has 18 heavy (non-hydrogen) atoms. The van der Waals surface area contributed by atoms with Crippen LogP contribution in [0.3, 0.4) is 0 Å². The molecule has 2 unspecified atom stereocenters. The zero-order valence-electron chi connectivity index (χ0n) is 11.4. The third kappa shape index (κ3) is 3.29. The summed E-state index contributed by atoms with van der Waals surface area (Å²) in [5.74, 6) is 2.18. The van der Waals surface area contributed by atoms with Gasteiger partial charge in [0.05, 0.1) is 6.54 Å². The monoisotopic (exact) mass is 252 g/mol. The molecule has 0 aromatic carbocycles. The maximum atomic E-state index is 5.77. The minimum Gasteiger partial charge on any atom is -0.339 e.